The Labute approximate surface area is 190 Å². The van der Waals surface area contributed by atoms with Crippen molar-refractivity contribution in [2.45, 2.75) is 4.90 Å². The number of pyridine rings is 1. The van der Waals surface area contributed by atoms with E-state index in [1.807, 2.05) is 4.90 Å². The van der Waals surface area contributed by atoms with Crippen LogP contribution in [0.4, 0.5) is 15.9 Å². The third-order valence-corrected chi connectivity index (χ3v) is 6.68. The molecule has 10 heteroatoms. The molecule has 1 amide bonds. The Morgan fingerprint density at radius 1 is 1.00 bits per heavy atom. The van der Waals surface area contributed by atoms with Crippen LogP contribution in [0.1, 0.15) is 15.9 Å². The molecule has 3 aromatic rings. The molecule has 1 aliphatic heterocycles. The number of carbonyl (C=O) groups is 1. The van der Waals surface area contributed by atoms with Crippen molar-refractivity contribution in [3.05, 3.63) is 83.8 Å². The SMILES string of the molecule is N#Cc1cccnc1N1CCN(C(=O)c2ccc(NS(=O)(=O)c3ccc(F)cc3)cc2)CC1. The highest BCUT2D eigenvalue weighted by molar-refractivity contribution is 7.92. The number of hydrogen-bond donors (Lipinski definition) is 1. The molecule has 4 rings (SSSR count). The van der Waals surface area contributed by atoms with Crippen molar-refractivity contribution in [1.82, 2.24) is 9.88 Å². The number of amides is 1. The normalized spacial score (nSPS) is 13.9. The number of nitriles is 1. The quantitative estimate of drug-likeness (QED) is 0.621. The second-order valence-electron chi connectivity index (χ2n) is 7.40. The monoisotopic (exact) mass is 465 g/mol. The van der Waals surface area contributed by atoms with Crippen LogP contribution in [0.3, 0.4) is 0 Å². The van der Waals surface area contributed by atoms with Crippen LogP contribution in [-0.2, 0) is 10.0 Å². The molecule has 33 heavy (non-hydrogen) atoms. The molecule has 8 nitrogen and oxygen atoms in total. The van der Waals surface area contributed by atoms with E-state index in [-0.39, 0.29) is 10.8 Å². The maximum atomic E-state index is 13.0. The molecule has 1 aromatic heterocycles. The number of piperazine rings is 1. The first-order chi connectivity index (χ1) is 15.9. The van der Waals surface area contributed by atoms with Crippen molar-refractivity contribution in [1.29, 1.82) is 5.26 Å². The van der Waals surface area contributed by atoms with E-state index in [4.69, 9.17) is 0 Å². The summed E-state index contributed by atoms with van der Waals surface area (Å²) in [5.41, 5.74) is 1.22. The van der Waals surface area contributed by atoms with Crippen molar-refractivity contribution >= 4 is 27.4 Å². The van der Waals surface area contributed by atoms with Gasteiger partial charge in [-0.1, -0.05) is 0 Å². The van der Waals surface area contributed by atoms with Gasteiger partial charge in [0.1, 0.15) is 17.7 Å². The van der Waals surface area contributed by atoms with Gasteiger partial charge in [-0.25, -0.2) is 17.8 Å². The number of nitrogens with one attached hydrogen (secondary N) is 1. The number of halogens is 1. The second-order valence-corrected chi connectivity index (χ2v) is 9.08. The molecule has 1 fully saturated rings. The molecule has 1 saturated heterocycles. The van der Waals surface area contributed by atoms with E-state index in [0.717, 1.165) is 12.1 Å². The summed E-state index contributed by atoms with van der Waals surface area (Å²) in [6.07, 6.45) is 1.64. The molecule has 0 saturated carbocycles. The Morgan fingerprint density at radius 3 is 2.30 bits per heavy atom. The van der Waals surface area contributed by atoms with Gasteiger partial charge in [-0.3, -0.25) is 9.52 Å². The van der Waals surface area contributed by atoms with Crippen LogP contribution in [0.5, 0.6) is 0 Å². The minimum atomic E-state index is -3.87. The van der Waals surface area contributed by atoms with Crippen molar-refractivity contribution in [2.75, 3.05) is 35.8 Å². The first-order valence-corrected chi connectivity index (χ1v) is 11.6. The van der Waals surface area contributed by atoms with Crippen LogP contribution < -0.4 is 9.62 Å². The van der Waals surface area contributed by atoms with Gasteiger partial charge in [0.25, 0.3) is 15.9 Å². The average Bonchev–Trinajstić information content (AvgIpc) is 2.84. The maximum Gasteiger partial charge on any atom is 0.261 e. The number of rotatable bonds is 5. The maximum absolute atomic E-state index is 13.0. The number of anilines is 2. The fraction of sp³-hybridized carbons (Fsp3) is 0.174. The smallest absolute Gasteiger partial charge is 0.261 e. The van der Waals surface area contributed by atoms with Crippen molar-refractivity contribution in [3.63, 3.8) is 0 Å². The molecule has 1 aliphatic rings. The Bertz CT molecular complexity index is 1300. The Kier molecular flexibility index (Phi) is 6.24. The third-order valence-electron chi connectivity index (χ3n) is 5.28. The number of sulfonamides is 1. The van der Waals surface area contributed by atoms with Crippen molar-refractivity contribution in [2.24, 2.45) is 0 Å². The summed E-state index contributed by atoms with van der Waals surface area (Å²) in [4.78, 5) is 20.8. The fourth-order valence-corrected chi connectivity index (χ4v) is 4.61. The molecular weight excluding hydrogens is 445 g/mol. The van der Waals surface area contributed by atoms with E-state index in [0.29, 0.717) is 48.8 Å². The highest BCUT2D eigenvalue weighted by Gasteiger charge is 2.24. The van der Waals surface area contributed by atoms with Gasteiger partial charge in [0.05, 0.1) is 10.5 Å². The second kappa shape index (κ2) is 9.26. The summed E-state index contributed by atoms with van der Waals surface area (Å²) >= 11 is 0. The van der Waals surface area contributed by atoms with E-state index >= 15 is 0 Å². The number of hydrogen-bond acceptors (Lipinski definition) is 6. The summed E-state index contributed by atoms with van der Waals surface area (Å²) < 4.78 is 40.3. The third kappa shape index (κ3) is 4.94. The standard InChI is InChI=1S/C23H20FN5O3S/c24-19-5-9-21(10-6-19)33(31,32)27-20-7-3-17(4-8-20)23(30)29-14-12-28(13-15-29)22-18(16-25)2-1-11-26-22/h1-11,27H,12-15H2. The van der Waals surface area contributed by atoms with E-state index in [9.17, 15) is 22.9 Å². The van der Waals surface area contributed by atoms with Gasteiger partial charge >= 0.3 is 0 Å². The first kappa shape index (κ1) is 22.2. The molecule has 0 unspecified atom stereocenters. The minimum Gasteiger partial charge on any atom is -0.352 e. The van der Waals surface area contributed by atoms with Crippen LogP contribution in [0.25, 0.3) is 0 Å². The Balaban J connectivity index is 1.39. The zero-order valence-corrected chi connectivity index (χ0v) is 18.3. The highest BCUT2D eigenvalue weighted by atomic mass is 32.2. The summed E-state index contributed by atoms with van der Waals surface area (Å²) in [7, 11) is -3.87. The lowest BCUT2D eigenvalue weighted by Gasteiger charge is -2.35. The predicted molar refractivity (Wildman–Crippen MR) is 121 cm³/mol. The molecule has 2 aromatic carbocycles. The predicted octanol–water partition coefficient (Wildman–Crippen LogP) is 2.86. The van der Waals surface area contributed by atoms with Gasteiger partial charge < -0.3 is 9.80 Å². The number of carbonyl (C=O) groups excluding carboxylic acids is 1. The lowest BCUT2D eigenvalue weighted by atomic mass is 10.1. The molecule has 0 bridgehead atoms. The van der Waals surface area contributed by atoms with E-state index < -0.39 is 15.8 Å². The van der Waals surface area contributed by atoms with Crippen LogP contribution >= 0.6 is 0 Å². The Morgan fingerprint density at radius 2 is 1.67 bits per heavy atom. The van der Waals surface area contributed by atoms with E-state index in [2.05, 4.69) is 15.8 Å². The molecule has 0 radical (unpaired) electrons. The van der Waals surface area contributed by atoms with Gasteiger partial charge in [-0.05, 0) is 60.7 Å². The zero-order valence-electron chi connectivity index (χ0n) is 17.5. The molecule has 0 aliphatic carbocycles. The van der Waals surface area contributed by atoms with Crippen LogP contribution in [0.15, 0.2) is 71.8 Å². The molecule has 168 valence electrons. The van der Waals surface area contributed by atoms with E-state index in [1.165, 1.54) is 24.3 Å². The average molecular weight is 466 g/mol. The molecule has 0 atom stereocenters. The molecule has 2 heterocycles. The lowest BCUT2D eigenvalue weighted by molar-refractivity contribution is 0.0746. The molecular formula is C23H20FN5O3S. The lowest BCUT2D eigenvalue weighted by Crippen LogP contribution is -2.49. The number of nitrogens with zero attached hydrogens (tertiary/aromatic N) is 4. The molecule has 1 N–H and O–H groups in total. The molecule has 0 spiro atoms. The van der Waals surface area contributed by atoms with Gasteiger partial charge in [0, 0.05) is 43.6 Å². The number of benzene rings is 2. The number of aromatic nitrogens is 1. The van der Waals surface area contributed by atoms with E-state index in [1.54, 1.807) is 35.4 Å². The summed E-state index contributed by atoms with van der Waals surface area (Å²) in [5.74, 6) is -0.0720. The largest absolute Gasteiger partial charge is 0.352 e. The summed E-state index contributed by atoms with van der Waals surface area (Å²) in [5, 5.41) is 9.27. The zero-order chi connectivity index (χ0) is 23.4. The minimum absolute atomic E-state index is 0.0608. The first-order valence-electron chi connectivity index (χ1n) is 10.2. The van der Waals surface area contributed by atoms with Crippen molar-refractivity contribution < 1.29 is 17.6 Å². The van der Waals surface area contributed by atoms with Gasteiger partial charge in [-0.2, -0.15) is 5.26 Å². The van der Waals surface area contributed by atoms with Crippen molar-refractivity contribution in [3.8, 4) is 6.07 Å². The van der Waals surface area contributed by atoms with Gasteiger partial charge in [0.2, 0.25) is 0 Å². The topological polar surface area (TPSA) is 106 Å². The van der Waals surface area contributed by atoms with Crippen LogP contribution in [0.2, 0.25) is 0 Å². The fourth-order valence-electron chi connectivity index (χ4n) is 3.55. The van der Waals surface area contributed by atoms with Crippen LogP contribution in [0, 0.1) is 17.1 Å². The van der Waals surface area contributed by atoms with Gasteiger partial charge in [0.15, 0.2) is 0 Å². The Hall–Kier alpha value is -3.97. The summed E-state index contributed by atoms with van der Waals surface area (Å²) in [6.45, 7) is 2.04. The van der Waals surface area contributed by atoms with Crippen LogP contribution in [-0.4, -0.2) is 50.4 Å². The van der Waals surface area contributed by atoms with Gasteiger partial charge in [-0.15, -0.1) is 0 Å². The highest BCUT2D eigenvalue weighted by Crippen LogP contribution is 2.20. The summed E-state index contributed by atoms with van der Waals surface area (Å²) in [6, 6.07) is 16.2.